The molecule has 5 nitrogen and oxygen atoms in total. The van der Waals surface area contributed by atoms with Gasteiger partial charge in [0.1, 0.15) is 5.15 Å². The third kappa shape index (κ3) is 3.04. The summed E-state index contributed by atoms with van der Waals surface area (Å²) in [5.41, 5.74) is 0.759. The maximum atomic E-state index is 12.0. The number of pyridine rings is 1. The normalized spacial score (nSPS) is 16.1. The van der Waals surface area contributed by atoms with Gasteiger partial charge in [-0.05, 0) is 12.5 Å². The summed E-state index contributed by atoms with van der Waals surface area (Å²) >= 11 is 5.96. The number of carbonyl (C=O) groups is 2. The lowest BCUT2D eigenvalue weighted by molar-refractivity contribution is -0.156. The van der Waals surface area contributed by atoms with E-state index < -0.39 is 11.8 Å². The molecule has 0 atom stereocenters. The lowest BCUT2D eigenvalue weighted by Gasteiger charge is -2.33. The molecule has 1 aliphatic rings. The Morgan fingerprint density at radius 3 is 2.63 bits per heavy atom. The third-order valence-corrected chi connectivity index (χ3v) is 3.43. The molecule has 0 saturated carbocycles. The molecule has 0 spiro atoms. The summed E-state index contributed by atoms with van der Waals surface area (Å²) in [4.78, 5) is 31.0. The van der Waals surface area contributed by atoms with Crippen LogP contribution in [0.25, 0.3) is 0 Å². The standard InChI is InChI=1S/C13H16ClN3O2/c1-2-6-16-7-8-17(13(19)12(16)18)9-10-4-3-5-15-11(10)14/h3-5H,2,6-9H2,1H3. The molecule has 19 heavy (non-hydrogen) atoms. The highest BCUT2D eigenvalue weighted by Crippen LogP contribution is 2.16. The number of piperazine rings is 1. The molecular formula is C13H16ClN3O2. The Morgan fingerprint density at radius 2 is 1.95 bits per heavy atom. The number of amides is 2. The maximum absolute atomic E-state index is 12.0. The fourth-order valence-electron chi connectivity index (χ4n) is 2.09. The zero-order valence-electron chi connectivity index (χ0n) is 10.8. The summed E-state index contributed by atoms with van der Waals surface area (Å²) < 4.78 is 0. The SMILES string of the molecule is CCCN1CCN(Cc2cccnc2Cl)C(=O)C1=O. The number of rotatable bonds is 4. The van der Waals surface area contributed by atoms with Gasteiger partial charge in [0.2, 0.25) is 0 Å². The molecule has 102 valence electrons. The van der Waals surface area contributed by atoms with Gasteiger partial charge in [0, 0.05) is 37.9 Å². The molecular weight excluding hydrogens is 266 g/mol. The second-order valence-electron chi connectivity index (χ2n) is 4.47. The Hall–Kier alpha value is -1.62. The molecule has 2 amide bonds. The fourth-order valence-corrected chi connectivity index (χ4v) is 2.27. The first-order chi connectivity index (χ1) is 9.13. The van der Waals surface area contributed by atoms with E-state index in [9.17, 15) is 9.59 Å². The highest BCUT2D eigenvalue weighted by molar-refractivity contribution is 6.35. The number of carbonyl (C=O) groups excluding carboxylic acids is 2. The second-order valence-corrected chi connectivity index (χ2v) is 4.83. The topological polar surface area (TPSA) is 53.5 Å². The molecule has 0 bridgehead atoms. The summed E-state index contributed by atoms with van der Waals surface area (Å²) in [7, 11) is 0. The van der Waals surface area contributed by atoms with Crippen LogP contribution in [0, 0.1) is 0 Å². The maximum Gasteiger partial charge on any atom is 0.312 e. The van der Waals surface area contributed by atoms with E-state index in [1.54, 1.807) is 17.2 Å². The summed E-state index contributed by atoms with van der Waals surface area (Å²) in [6.07, 6.45) is 2.45. The minimum absolute atomic E-state index is 0.331. The molecule has 1 fully saturated rings. The number of hydrogen-bond donors (Lipinski definition) is 0. The Kier molecular flexibility index (Phi) is 4.37. The molecule has 0 aliphatic carbocycles. The van der Waals surface area contributed by atoms with Crippen molar-refractivity contribution in [1.82, 2.24) is 14.8 Å². The van der Waals surface area contributed by atoms with Gasteiger partial charge in [0.15, 0.2) is 0 Å². The number of halogens is 1. The summed E-state index contributed by atoms with van der Waals surface area (Å²) in [6.45, 7) is 4.06. The van der Waals surface area contributed by atoms with Crippen LogP contribution in [0.5, 0.6) is 0 Å². The van der Waals surface area contributed by atoms with Gasteiger partial charge in [-0.2, -0.15) is 0 Å². The van der Waals surface area contributed by atoms with Crippen LogP contribution in [0.15, 0.2) is 18.3 Å². The number of aromatic nitrogens is 1. The van der Waals surface area contributed by atoms with E-state index in [4.69, 9.17) is 11.6 Å². The first-order valence-corrected chi connectivity index (χ1v) is 6.69. The van der Waals surface area contributed by atoms with Crippen LogP contribution >= 0.6 is 11.6 Å². The minimum atomic E-state index is -0.459. The molecule has 0 unspecified atom stereocenters. The van der Waals surface area contributed by atoms with E-state index in [1.165, 1.54) is 4.90 Å². The van der Waals surface area contributed by atoms with Crippen LogP contribution in [-0.2, 0) is 16.1 Å². The average molecular weight is 282 g/mol. The highest BCUT2D eigenvalue weighted by Gasteiger charge is 2.32. The van der Waals surface area contributed by atoms with Crippen molar-refractivity contribution in [2.24, 2.45) is 0 Å². The van der Waals surface area contributed by atoms with Crippen molar-refractivity contribution in [3.63, 3.8) is 0 Å². The van der Waals surface area contributed by atoms with E-state index >= 15 is 0 Å². The summed E-state index contributed by atoms with van der Waals surface area (Å²) in [6, 6.07) is 3.58. The van der Waals surface area contributed by atoms with Gasteiger partial charge in [-0.3, -0.25) is 9.59 Å². The molecule has 2 heterocycles. The van der Waals surface area contributed by atoms with Crippen molar-refractivity contribution in [2.75, 3.05) is 19.6 Å². The van der Waals surface area contributed by atoms with E-state index in [0.717, 1.165) is 12.0 Å². The van der Waals surface area contributed by atoms with Crippen LogP contribution in [0.2, 0.25) is 5.15 Å². The largest absolute Gasteiger partial charge is 0.333 e. The Balaban J connectivity index is 2.06. The average Bonchev–Trinajstić information content (AvgIpc) is 2.41. The quantitative estimate of drug-likeness (QED) is 0.618. The van der Waals surface area contributed by atoms with Crippen LogP contribution < -0.4 is 0 Å². The highest BCUT2D eigenvalue weighted by atomic mass is 35.5. The zero-order chi connectivity index (χ0) is 13.8. The lowest BCUT2D eigenvalue weighted by atomic mass is 10.2. The van der Waals surface area contributed by atoms with Gasteiger partial charge < -0.3 is 9.80 Å². The predicted octanol–water partition coefficient (Wildman–Crippen LogP) is 1.32. The molecule has 2 rings (SSSR count). The first kappa shape index (κ1) is 13.8. The van der Waals surface area contributed by atoms with Crippen molar-refractivity contribution in [3.05, 3.63) is 29.0 Å². The minimum Gasteiger partial charge on any atom is -0.333 e. The van der Waals surface area contributed by atoms with Crippen LogP contribution in [-0.4, -0.2) is 46.2 Å². The molecule has 1 saturated heterocycles. The van der Waals surface area contributed by atoms with Gasteiger partial charge in [0.25, 0.3) is 0 Å². The van der Waals surface area contributed by atoms with E-state index in [1.807, 2.05) is 13.0 Å². The van der Waals surface area contributed by atoms with Crippen molar-refractivity contribution in [1.29, 1.82) is 0 Å². The Morgan fingerprint density at radius 1 is 1.26 bits per heavy atom. The molecule has 6 heteroatoms. The number of hydrogen-bond acceptors (Lipinski definition) is 3. The van der Waals surface area contributed by atoms with Crippen molar-refractivity contribution >= 4 is 23.4 Å². The molecule has 1 aromatic heterocycles. The third-order valence-electron chi connectivity index (χ3n) is 3.09. The Bertz CT molecular complexity index is 493. The lowest BCUT2D eigenvalue weighted by Crippen LogP contribution is -2.53. The van der Waals surface area contributed by atoms with E-state index in [-0.39, 0.29) is 0 Å². The van der Waals surface area contributed by atoms with Crippen molar-refractivity contribution in [3.8, 4) is 0 Å². The van der Waals surface area contributed by atoms with Gasteiger partial charge in [-0.25, -0.2) is 4.98 Å². The fraction of sp³-hybridized carbons (Fsp3) is 0.462. The second kappa shape index (κ2) is 6.02. The molecule has 0 aromatic carbocycles. The smallest absolute Gasteiger partial charge is 0.312 e. The molecule has 0 radical (unpaired) electrons. The summed E-state index contributed by atoms with van der Waals surface area (Å²) in [5, 5.41) is 0.374. The molecule has 1 aromatic rings. The van der Waals surface area contributed by atoms with Gasteiger partial charge in [-0.1, -0.05) is 24.6 Å². The van der Waals surface area contributed by atoms with Crippen molar-refractivity contribution in [2.45, 2.75) is 19.9 Å². The molecule has 1 aliphatic heterocycles. The zero-order valence-corrected chi connectivity index (χ0v) is 11.6. The van der Waals surface area contributed by atoms with Crippen molar-refractivity contribution < 1.29 is 9.59 Å². The van der Waals surface area contributed by atoms with Crippen LogP contribution in [0.4, 0.5) is 0 Å². The van der Waals surface area contributed by atoms with Crippen LogP contribution in [0.1, 0.15) is 18.9 Å². The van der Waals surface area contributed by atoms with Gasteiger partial charge in [-0.15, -0.1) is 0 Å². The number of nitrogens with zero attached hydrogens (tertiary/aromatic N) is 3. The first-order valence-electron chi connectivity index (χ1n) is 6.31. The molecule has 0 N–H and O–H groups in total. The van der Waals surface area contributed by atoms with Gasteiger partial charge >= 0.3 is 11.8 Å². The predicted molar refractivity (Wildman–Crippen MR) is 71.5 cm³/mol. The van der Waals surface area contributed by atoms with Crippen LogP contribution in [0.3, 0.4) is 0 Å². The Labute approximate surface area is 117 Å². The van der Waals surface area contributed by atoms with Gasteiger partial charge in [0.05, 0.1) is 0 Å². The van der Waals surface area contributed by atoms with E-state index in [2.05, 4.69) is 4.98 Å². The monoisotopic (exact) mass is 281 g/mol. The van der Waals surface area contributed by atoms with E-state index in [0.29, 0.717) is 31.3 Å². The summed E-state index contributed by atoms with van der Waals surface area (Å²) in [5.74, 6) is -0.882.